The number of rotatable bonds is 8. The molecule has 5 rings (SSSR count). The third kappa shape index (κ3) is 3.69. The van der Waals surface area contributed by atoms with Gasteiger partial charge in [0.1, 0.15) is 11.8 Å². The summed E-state index contributed by atoms with van der Waals surface area (Å²) in [5, 5.41) is 44.0. The van der Waals surface area contributed by atoms with Gasteiger partial charge in [0.25, 0.3) is 5.91 Å². The van der Waals surface area contributed by atoms with Crippen molar-refractivity contribution < 1.29 is 49.0 Å². The Morgan fingerprint density at radius 1 is 1.21 bits per heavy atom. The number of aliphatic hydroxyl groups excluding tert-OH is 2. The van der Waals surface area contributed by atoms with Gasteiger partial charge < -0.3 is 40.0 Å². The maximum Gasteiger partial charge on any atom is 0.343 e. The van der Waals surface area contributed by atoms with Gasteiger partial charge in [-0.2, -0.15) is 0 Å². The second-order valence-corrected chi connectivity index (χ2v) is 10.9. The zero-order chi connectivity index (χ0) is 27.7. The van der Waals surface area contributed by atoms with E-state index >= 15 is 0 Å². The number of hydrogen-bond donors (Lipinski definition) is 5. The Bertz CT molecular complexity index is 1230. The first-order valence-corrected chi connectivity index (χ1v) is 12.5. The molecule has 206 valence electrons. The quantitative estimate of drug-likeness (QED) is 0.211. The Hall–Kier alpha value is -3.19. The van der Waals surface area contributed by atoms with Crippen LogP contribution in [0.5, 0.6) is 11.5 Å². The molecule has 0 aromatic heterocycles. The molecule has 0 saturated carbocycles. The minimum absolute atomic E-state index is 0.0338. The number of carboxylic acids is 1. The third-order valence-corrected chi connectivity index (χ3v) is 8.41. The molecule has 6 unspecified atom stereocenters. The van der Waals surface area contributed by atoms with E-state index in [4.69, 9.17) is 14.2 Å². The number of nitrogens with zero attached hydrogens (tertiary/aromatic N) is 1. The van der Waals surface area contributed by atoms with Crippen LogP contribution in [0.15, 0.2) is 24.0 Å². The van der Waals surface area contributed by atoms with Crippen LogP contribution in [0.4, 0.5) is 0 Å². The van der Waals surface area contributed by atoms with E-state index in [1.165, 1.54) is 13.2 Å². The van der Waals surface area contributed by atoms with E-state index in [0.29, 0.717) is 24.5 Å². The molecule has 1 aromatic rings. The first-order chi connectivity index (χ1) is 17.9. The molecule has 2 heterocycles. The van der Waals surface area contributed by atoms with Crippen LogP contribution in [0.1, 0.15) is 37.3 Å². The topological polar surface area (TPSA) is 175 Å². The lowest BCUT2D eigenvalue weighted by Crippen LogP contribution is -2.60. The number of likely N-dealkylation sites (N-methyl/N-ethyl adjacent to an activating group) is 1. The summed E-state index contributed by atoms with van der Waals surface area (Å²) in [6.45, 7) is 3.80. The number of carboxylic acid groups (broad SMARTS) is 1. The summed E-state index contributed by atoms with van der Waals surface area (Å²) in [5.41, 5.74) is 0.0745. The highest BCUT2D eigenvalue weighted by Crippen LogP contribution is 2.64. The molecule has 5 N–H and O–H groups in total. The van der Waals surface area contributed by atoms with Crippen LogP contribution in [0.2, 0.25) is 0 Å². The fraction of sp³-hybridized carbons (Fsp3) is 0.577. The molecule has 1 spiro atoms. The summed E-state index contributed by atoms with van der Waals surface area (Å²) in [4.78, 5) is 38.6. The van der Waals surface area contributed by atoms with Crippen molar-refractivity contribution >= 4 is 17.8 Å². The number of amides is 1. The molecular weight excluding hydrogens is 500 g/mol. The van der Waals surface area contributed by atoms with Crippen molar-refractivity contribution in [1.29, 1.82) is 0 Å². The van der Waals surface area contributed by atoms with E-state index in [2.05, 4.69) is 10.2 Å². The Morgan fingerprint density at radius 2 is 1.89 bits per heavy atom. The fourth-order valence-corrected chi connectivity index (χ4v) is 6.22. The monoisotopic (exact) mass is 532 g/mol. The van der Waals surface area contributed by atoms with E-state index in [0.717, 1.165) is 11.1 Å². The summed E-state index contributed by atoms with van der Waals surface area (Å²) in [6.07, 6.45) is -3.17. The Balaban J connectivity index is 1.38. The van der Waals surface area contributed by atoms with Gasteiger partial charge in [-0.05, 0) is 37.1 Å². The molecule has 1 fully saturated rings. The number of nitrogens with one attached hydrogen (secondary N) is 1. The summed E-state index contributed by atoms with van der Waals surface area (Å²) >= 11 is 0. The largest absolute Gasteiger partial charge is 0.493 e. The average Bonchev–Trinajstić information content (AvgIpc) is 3.32. The molecule has 2 aliphatic carbocycles. The van der Waals surface area contributed by atoms with Gasteiger partial charge in [-0.25, -0.2) is 9.59 Å². The number of methoxy groups -OCH3 is 1. The predicted octanol–water partition coefficient (Wildman–Crippen LogP) is -0.711. The van der Waals surface area contributed by atoms with E-state index in [-0.39, 0.29) is 12.2 Å². The second kappa shape index (κ2) is 8.94. The standard InChI is InChI=1S/C26H32N2O10/c1-11(2)17(23(32)33)27-22(31)18(29)19(30)24(34)37-14-7-8-26(35)16-15-12(9-25(26)10-28(25)3)5-6-13(36-4)20(15)38-21(14)16/h5-7,11,16-19,21,29-30,35H,8-10H2,1-4H3,(H,27,31)(H,32,33)/t16?,17?,18?,19?,21-,25?,26-,28?/m0/s1. The maximum absolute atomic E-state index is 12.8. The fourth-order valence-electron chi connectivity index (χ4n) is 6.22. The van der Waals surface area contributed by atoms with E-state index < -0.39 is 65.2 Å². The van der Waals surface area contributed by atoms with Gasteiger partial charge in [0.2, 0.25) is 0 Å². The van der Waals surface area contributed by atoms with Gasteiger partial charge in [0.05, 0.1) is 24.2 Å². The second-order valence-electron chi connectivity index (χ2n) is 10.9. The summed E-state index contributed by atoms with van der Waals surface area (Å²) in [5.74, 6) is -4.00. The lowest BCUT2D eigenvalue weighted by molar-refractivity contribution is -0.163. The minimum atomic E-state index is -2.29. The SMILES string of the molecule is COc1ccc2c3c1O[C@H]1C(OC(=O)C(O)C(O)C(=O)NC(C(=O)O)C(C)C)=CC[C@](O)(C31)C1(C2)CN1C. The number of aliphatic hydroxyl groups is 3. The molecule has 1 aromatic carbocycles. The molecule has 12 nitrogen and oxygen atoms in total. The number of fused-ring (bicyclic) bond motifs is 1. The van der Waals surface area contributed by atoms with Crippen LogP contribution in [-0.2, 0) is 25.5 Å². The van der Waals surface area contributed by atoms with Crippen molar-refractivity contribution in [3.63, 3.8) is 0 Å². The molecular formula is C26H32N2O10. The zero-order valence-electron chi connectivity index (χ0n) is 21.5. The van der Waals surface area contributed by atoms with E-state index in [1.807, 2.05) is 13.1 Å². The number of aliphatic carboxylic acids is 1. The number of esters is 1. The van der Waals surface area contributed by atoms with Gasteiger partial charge in [-0.3, -0.25) is 9.69 Å². The number of carbonyl (C=O) groups excluding carboxylic acids is 2. The Morgan fingerprint density at radius 3 is 2.47 bits per heavy atom. The van der Waals surface area contributed by atoms with E-state index in [9.17, 15) is 34.8 Å². The molecule has 2 aliphatic heterocycles. The van der Waals surface area contributed by atoms with Crippen LogP contribution in [0.25, 0.3) is 0 Å². The smallest absolute Gasteiger partial charge is 0.343 e. The number of carbonyl (C=O) groups is 3. The first kappa shape index (κ1) is 26.4. The Labute approximate surface area is 218 Å². The number of ether oxygens (including phenoxy) is 3. The van der Waals surface area contributed by atoms with Gasteiger partial charge >= 0.3 is 11.9 Å². The van der Waals surface area contributed by atoms with E-state index in [1.54, 1.807) is 19.9 Å². The van der Waals surface area contributed by atoms with Crippen LogP contribution in [-0.4, -0.2) is 99.4 Å². The molecule has 1 saturated heterocycles. The summed E-state index contributed by atoms with van der Waals surface area (Å²) in [6, 6.07) is 2.41. The first-order valence-electron chi connectivity index (χ1n) is 12.5. The average molecular weight is 533 g/mol. The van der Waals surface area contributed by atoms with Gasteiger partial charge in [0, 0.05) is 18.5 Å². The zero-order valence-corrected chi connectivity index (χ0v) is 21.5. The van der Waals surface area contributed by atoms with Gasteiger partial charge in [0.15, 0.2) is 29.8 Å². The molecule has 1 amide bonds. The highest BCUT2D eigenvalue weighted by Gasteiger charge is 2.72. The molecule has 0 radical (unpaired) electrons. The third-order valence-electron chi connectivity index (χ3n) is 8.41. The number of benzene rings is 1. The maximum atomic E-state index is 12.8. The van der Waals surface area contributed by atoms with Gasteiger partial charge in [-0.15, -0.1) is 0 Å². The highest BCUT2D eigenvalue weighted by atomic mass is 16.6. The van der Waals surface area contributed by atoms with Crippen molar-refractivity contribution in [2.24, 2.45) is 5.92 Å². The molecule has 0 bridgehead atoms. The molecule has 38 heavy (non-hydrogen) atoms. The lowest BCUT2D eigenvalue weighted by Gasteiger charge is -2.48. The minimum Gasteiger partial charge on any atom is -0.493 e. The number of hydrogen-bond acceptors (Lipinski definition) is 10. The normalized spacial score (nSPS) is 32.4. The van der Waals surface area contributed by atoms with Crippen molar-refractivity contribution in [2.75, 3.05) is 20.7 Å². The van der Waals surface area contributed by atoms with Crippen molar-refractivity contribution in [2.45, 2.75) is 68.1 Å². The van der Waals surface area contributed by atoms with Gasteiger partial charge in [-0.1, -0.05) is 19.9 Å². The lowest BCUT2D eigenvalue weighted by atomic mass is 9.60. The summed E-state index contributed by atoms with van der Waals surface area (Å²) in [7, 11) is 3.44. The van der Waals surface area contributed by atoms with Crippen LogP contribution in [0.3, 0.4) is 0 Å². The molecule has 8 atom stereocenters. The van der Waals surface area contributed by atoms with Crippen molar-refractivity contribution in [3.05, 3.63) is 35.1 Å². The predicted molar refractivity (Wildman–Crippen MR) is 129 cm³/mol. The van der Waals surface area contributed by atoms with Crippen molar-refractivity contribution in [1.82, 2.24) is 10.2 Å². The summed E-state index contributed by atoms with van der Waals surface area (Å²) < 4.78 is 17.1. The molecule has 4 aliphatic rings. The van der Waals surface area contributed by atoms with Crippen LogP contribution in [0, 0.1) is 5.92 Å². The Kier molecular flexibility index (Phi) is 6.21. The van der Waals surface area contributed by atoms with Crippen LogP contribution < -0.4 is 14.8 Å². The highest BCUT2D eigenvalue weighted by molar-refractivity contribution is 5.91. The van der Waals surface area contributed by atoms with Crippen molar-refractivity contribution in [3.8, 4) is 11.5 Å². The molecule has 12 heteroatoms. The van der Waals surface area contributed by atoms with Crippen LogP contribution >= 0.6 is 0 Å².